The predicted octanol–water partition coefficient (Wildman–Crippen LogP) is 3.24. The standard InChI is InChI=1S/C16H21N3OS/c1-9(8-20)17-15-13-11-4-2-3-5-12(11)21-16(13)19-14(18-15)10-6-7-10/h9-10,20H,2-8H2,1H3,(H,17,18,19). The summed E-state index contributed by atoms with van der Waals surface area (Å²) in [6.45, 7) is 2.11. The number of rotatable bonds is 4. The number of nitrogens with zero attached hydrogens (tertiary/aromatic N) is 2. The Hall–Kier alpha value is -1.20. The van der Waals surface area contributed by atoms with E-state index in [-0.39, 0.29) is 12.6 Å². The van der Waals surface area contributed by atoms with Crippen molar-refractivity contribution >= 4 is 27.4 Å². The van der Waals surface area contributed by atoms with Gasteiger partial charge in [-0.25, -0.2) is 9.97 Å². The van der Waals surface area contributed by atoms with E-state index in [9.17, 15) is 5.11 Å². The quantitative estimate of drug-likeness (QED) is 0.910. The van der Waals surface area contributed by atoms with Crippen LogP contribution in [-0.2, 0) is 12.8 Å². The van der Waals surface area contributed by atoms with Crippen LogP contribution in [0.25, 0.3) is 10.2 Å². The lowest BCUT2D eigenvalue weighted by molar-refractivity contribution is 0.281. The third-order valence-electron chi connectivity index (χ3n) is 4.43. The summed E-state index contributed by atoms with van der Waals surface area (Å²) in [7, 11) is 0. The van der Waals surface area contributed by atoms with Gasteiger partial charge in [0.05, 0.1) is 12.0 Å². The topological polar surface area (TPSA) is 58.0 Å². The number of nitrogens with one attached hydrogen (secondary N) is 1. The third-order valence-corrected chi connectivity index (χ3v) is 5.62. The highest BCUT2D eigenvalue weighted by molar-refractivity contribution is 7.19. The van der Waals surface area contributed by atoms with Gasteiger partial charge in [0, 0.05) is 16.8 Å². The van der Waals surface area contributed by atoms with Crippen molar-refractivity contribution in [3.05, 3.63) is 16.3 Å². The molecule has 0 bridgehead atoms. The Labute approximate surface area is 128 Å². The van der Waals surface area contributed by atoms with E-state index in [2.05, 4.69) is 5.32 Å². The lowest BCUT2D eigenvalue weighted by atomic mass is 9.97. The molecular formula is C16H21N3OS. The number of aryl methyl sites for hydroxylation is 2. The molecular weight excluding hydrogens is 282 g/mol. The van der Waals surface area contributed by atoms with Crippen LogP contribution in [0.15, 0.2) is 0 Å². The van der Waals surface area contributed by atoms with Crippen LogP contribution in [-0.4, -0.2) is 27.7 Å². The van der Waals surface area contributed by atoms with Gasteiger partial charge in [-0.2, -0.15) is 0 Å². The third kappa shape index (κ3) is 2.42. The van der Waals surface area contributed by atoms with Gasteiger partial charge in [0.1, 0.15) is 16.5 Å². The molecule has 1 saturated carbocycles. The summed E-state index contributed by atoms with van der Waals surface area (Å²) in [4.78, 5) is 12.3. The van der Waals surface area contributed by atoms with E-state index < -0.39 is 0 Å². The van der Waals surface area contributed by atoms with Crippen molar-refractivity contribution < 1.29 is 5.11 Å². The molecule has 21 heavy (non-hydrogen) atoms. The lowest BCUT2D eigenvalue weighted by Gasteiger charge is -2.16. The van der Waals surface area contributed by atoms with Gasteiger partial charge in [0.15, 0.2) is 0 Å². The van der Waals surface area contributed by atoms with Crippen molar-refractivity contribution in [1.82, 2.24) is 9.97 Å². The molecule has 112 valence electrons. The Morgan fingerprint density at radius 1 is 1.29 bits per heavy atom. The highest BCUT2D eigenvalue weighted by atomic mass is 32.1. The molecule has 2 aromatic rings. The second kappa shape index (κ2) is 5.21. The number of aromatic nitrogens is 2. The Morgan fingerprint density at radius 3 is 2.86 bits per heavy atom. The first-order chi connectivity index (χ1) is 10.3. The summed E-state index contributed by atoms with van der Waals surface area (Å²) in [6, 6.07) is 0.0225. The van der Waals surface area contributed by atoms with Crippen molar-refractivity contribution in [3.8, 4) is 0 Å². The van der Waals surface area contributed by atoms with Crippen molar-refractivity contribution in [3.63, 3.8) is 0 Å². The fourth-order valence-electron chi connectivity index (χ4n) is 3.08. The SMILES string of the molecule is CC(CO)Nc1nc(C2CC2)nc2sc3c(c12)CCCC3. The molecule has 4 rings (SSSR count). The molecule has 2 aliphatic rings. The Kier molecular flexibility index (Phi) is 3.34. The molecule has 4 nitrogen and oxygen atoms in total. The first-order valence-corrected chi connectivity index (χ1v) is 8.77. The molecule has 0 aromatic carbocycles. The average Bonchev–Trinajstić information content (AvgIpc) is 3.27. The molecule has 5 heteroatoms. The van der Waals surface area contributed by atoms with Crippen LogP contribution in [0.4, 0.5) is 5.82 Å². The first kappa shape index (κ1) is 13.5. The van der Waals surface area contributed by atoms with Crippen LogP contribution in [0.2, 0.25) is 0 Å². The van der Waals surface area contributed by atoms with Gasteiger partial charge in [-0.05, 0) is 51.0 Å². The Bertz CT molecular complexity index is 678. The van der Waals surface area contributed by atoms with Gasteiger partial charge in [0.25, 0.3) is 0 Å². The number of hydrogen-bond donors (Lipinski definition) is 2. The van der Waals surface area contributed by atoms with Gasteiger partial charge >= 0.3 is 0 Å². The number of aliphatic hydroxyl groups is 1. The maximum atomic E-state index is 9.34. The van der Waals surface area contributed by atoms with Gasteiger partial charge in [-0.15, -0.1) is 11.3 Å². The number of aliphatic hydroxyl groups excluding tert-OH is 1. The summed E-state index contributed by atoms with van der Waals surface area (Å²) in [6.07, 6.45) is 7.31. The van der Waals surface area contributed by atoms with Crippen molar-refractivity contribution in [2.75, 3.05) is 11.9 Å². The van der Waals surface area contributed by atoms with E-state index in [0.29, 0.717) is 5.92 Å². The zero-order valence-electron chi connectivity index (χ0n) is 12.4. The minimum Gasteiger partial charge on any atom is -0.394 e. The number of thiophene rings is 1. The lowest BCUT2D eigenvalue weighted by Crippen LogP contribution is -2.21. The molecule has 2 N–H and O–H groups in total. The summed E-state index contributed by atoms with van der Waals surface area (Å²) in [5, 5.41) is 14.0. The van der Waals surface area contributed by atoms with Gasteiger partial charge in [0.2, 0.25) is 0 Å². The molecule has 1 fully saturated rings. The second-order valence-corrected chi connectivity index (χ2v) is 7.41. The van der Waals surface area contributed by atoms with E-state index >= 15 is 0 Å². The largest absolute Gasteiger partial charge is 0.394 e. The Balaban J connectivity index is 1.87. The van der Waals surface area contributed by atoms with Crippen LogP contribution in [0.3, 0.4) is 0 Å². The monoisotopic (exact) mass is 303 g/mol. The zero-order valence-corrected chi connectivity index (χ0v) is 13.2. The van der Waals surface area contributed by atoms with Crippen LogP contribution < -0.4 is 5.32 Å². The summed E-state index contributed by atoms with van der Waals surface area (Å²) in [5.74, 6) is 2.50. The zero-order chi connectivity index (χ0) is 14.4. The fourth-order valence-corrected chi connectivity index (χ4v) is 4.35. The smallest absolute Gasteiger partial charge is 0.139 e. The molecule has 0 radical (unpaired) electrons. The molecule has 2 heterocycles. The maximum Gasteiger partial charge on any atom is 0.139 e. The van der Waals surface area contributed by atoms with Crippen molar-refractivity contribution in [2.24, 2.45) is 0 Å². The van der Waals surface area contributed by atoms with Gasteiger partial charge < -0.3 is 10.4 Å². The maximum absolute atomic E-state index is 9.34. The van der Waals surface area contributed by atoms with E-state index in [1.165, 1.54) is 47.9 Å². The molecule has 1 unspecified atom stereocenters. The first-order valence-electron chi connectivity index (χ1n) is 7.96. The minimum absolute atomic E-state index is 0.0225. The number of fused-ring (bicyclic) bond motifs is 3. The van der Waals surface area contributed by atoms with Crippen molar-refractivity contribution in [2.45, 2.75) is 57.4 Å². The highest BCUT2D eigenvalue weighted by Gasteiger charge is 2.29. The molecule has 2 aromatic heterocycles. The van der Waals surface area contributed by atoms with Crippen LogP contribution in [0.5, 0.6) is 0 Å². The summed E-state index contributed by atoms with van der Waals surface area (Å²) in [5.41, 5.74) is 1.45. The number of anilines is 1. The van der Waals surface area contributed by atoms with Gasteiger partial charge in [-0.3, -0.25) is 0 Å². The number of hydrogen-bond acceptors (Lipinski definition) is 5. The van der Waals surface area contributed by atoms with E-state index in [0.717, 1.165) is 22.9 Å². The van der Waals surface area contributed by atoms with Crippen molar-refractivity contribution in [1.29, 1.82) is 0 Å². The molecule has 0 amide bonds. The molecule has 2 aliphatic carbocycles. The van der Waals surface area contributed by atoms with Crippen LogP contribution in [0, 0.1) is 0 Å². The van der Waals surface area contributed by atoms with Crippen LogP contribution >= 0.6 is 11.3 Å². The summed E-state index contributed by atoms with van der Waals surface area (Å²) >= 11 is 1.85. The normalized spacial score (nSPS) is 19.5. The van der Waals surface area contributed by atoms with E-state index in [4.69, 9.17) is 9.97 Å². The fraction of sp³-hybridized carbons (Fsp3) is 0.625. The van der Waals surface area contributed by atoms with Crippen LogP contribution in [0.1, 0.15) is 54.8 Å². The Morgan fingerprint density at radius 2 is 2.10 bits per heavy atom. The second-order valence-electron chi connectivity index (χ2n) is 6.32. The van der Waals surface area contributed by atoms with E-state index in [1.807, 2.05) is 18.3 Å². The summed E-state index contributed by atoms with van der Waals surface area (Å²) < 4.78 is 0. The molecule has 0 aliphatic heterocycles. The molecule has 0 saturated heterocycles. The minimum atomic E-state index is 0.0225. The molecule has 0 spiro atoms. The predicted molar refractivity (Wildman–Crippen MR) is 86.2 cm³/mol. The molecule has 1 atom stereocenters. The average molecular weight is 303 g/mol. The van der Waals surface area contributed by atoms with Gasteiger partial charge in [-0.1, -0.05) is 0 Å². The highest BCUT2D eigenvalue weighted by Crippen LogP contribution is 2.43. The van der Waals surface area contributed by atoms with E-state index in [1.54, 1.807) is 0 Å².